The van der Waals surface area contributed by atoms with Gasteiger partial charge in [-0.25, -0.2) is 0 Å². The molecule has 4 aliphatic carbocycles. The zero-order chi connectivity index (χ0) is 33.6. The third-order valence-corrected chi connectivity index (χ3v) is 14.3. The zero-order valence-corrected chi connectivity index (χ0v) is 27.5. The van der Waals surface area contributed by atoms with Crippen molar-refractivity contribution in [2.45, 2.75) is 158 Å². The van der Waals surface area contributed by atoms with Crippen LogP contribution in [0.5, 0.6) is 0 Å². The van der Waals surface area contributed by atoms with Gasteiger partial charge in [0.05, 0.1) is 48.8 Å². The van der Waals surface area contributed by atoms with Crippen LogP contribution in [0.4, 0.5) is 0 Å². The molecule has 4 aliphatic heterocycles. The third-order valence-electron chi connectivity index (χ3n) is 14.3. The second-order valence-electron chi connectivity index (χ2n) is 16.9. The molecule has 0 aromatic rings. The van der Waals surface area contributed by atoms with E-state index in [1.54, 1.807) is 0 Å². The molecule has 13 atom stereocenters. The van der Waals surface area contributed by atoms with E-state index in [0.29, 0.717) is 38.5 Å². The predicted octanol–water partition coefficient (Wildman–Crippen LogP) is 4.50. The lowest BCUT2D eigenvalue weighted by Gasteiger charge is -2.57. The van der Waals surface area contributed by atoms with Gasteiger partial charge in [0, 0.05) is 0 Å². The summed E-state index contributed by atoms with van der Waals surface area (Å²) in [5.74, 6) is -8.21. The van der Waals surface area contributed by atoms with Crippen LogP contribution in [0.1, 0.15) is 109 Å². The normalized spacial score (nSPS) is 43.1. The summed E-state index contributed by atoms with van der Waals surface area (Å²) in [6, 6.07) is 0. The van der Waals surface area contributed by atoms with Crippen LogP contribution < -0.4 is 0 Å². The van der Waals surface area contributed by atoms with Gasteiger partial charge in [0.25, 0.3) is 5.41 Å². The molecule has 12 heteroatoms. The fourth-order valence-electron chi connectivity index (χ4n) is 11.7. The number of carbonyl (C=O) groups is 4. The summed E-state index contributed by atoms with van der Waals surface area (Å²) in [5, 5.41) is 44.6. The Morgan fingerprint density at radius 3 is 1.17 bits per heavy atom. The lowest BCUT2D eigenvalue weighted by Crippen LogP contribution is -2.69. The fourth-order valence-corrected chi connectivity index (χ4v) is 11.7. The van der Waals surface area contributed by atoms with Crippen LogP contribution in [0.2, 0.25) is 0 Å². The molecule has 12 nitrogen and oxygen atoms in total. The molecule has 4 heterocycles. The van der Waals surface area contributed by atoms with Gasteiger partial charge in [0.1, 0.15) is 5.41 Å². The molecule has 8 rings (SSSR count). The van der Waals surface area contributed by atoms with Crippen molar-refractivity contribution < 1.29 is 58.6 Å². The average Bonchev–Trinajstić information content (AvgIpc) is 3.84. The molecular weight excluding hydrogens is 624 g/mol. The van der Waals surface area contributed by atoms with Gasteiger partial charge in [-0.05, 0) is 138 Å². The van der Waals surface area contributed by atoms with Gasteiger partial charge in [-0.2, -0.15) is 0 Å². The summed E-state index contributed by atoms with van der Waals surface area (Å²) in [7, 11) is 0. The van der Waals surface area contributed by atoms with Crippen molar-refractivity contribution in [3.8, 4) is 0 Å². The lowest BCUT2D eigenvalue weighted by molar-refractivity contribution is -0.216. The highest BCUT2D eigenvalue weighted by atomic mass is 16.6. The highest BCUT2D eigenvalue weighted by Crippen LogP contribution is 2.67. The van der Waals surface area contributed by atoms with Crippen molar-refractivity contribution in [1.29, 1.82) is 0 Å². The minimum atomic E-state index is -3.60. The average molecular weight is 675 g/mol. The molecule has 4 saturated carbocycles. The first-order chi connectivity index (χ1) is 23.0. The maximum atomic E-state index is 14.4. The van der Waals surface area contributed by atoms with Crippen molar-refractivity contribution in [2.75, 3.05) is 0 Å². The first-order valence-corrected chi connectivity index (χ1v) is 18.5. The maximum Gasteiger partial charge on any atom is 0.334 e. The summed E-state index contributed by atoms with van der Waals surface area (Å²) in [4.78, 5) is 55.1. The molecule has 4 saturated heterocycles. The van der Waals surface area contributed by atoms with Gasteiger partial charge in [0.2, 0.25) is 0 Å². The Labute approximate surface area is 280 Å². The second kappa shape index (κ2) is 11.9. The molecule has 0 aromatic carbocycles. The Hall–Kier alpha value is -2.28. The molecule has 266 valence electrons. The summed E-state index contributed by atoms with van der Waals surface area (Å²) in [6.07, 6.45) is 10.7. The Bertz CT molecular complexity index is 1270. The zero-order valence-electron chi connectivity index (χ0n) is 27.5. The number of fused-ring (bicyclic) bond motifs is 4. The van der Waals surface area contributed by atoms with E-state index in [0.717, 1.165) is 44.9 Å². The summed E-state index contributed by atoms with van der Waals surface area (Å²) in [5.41, 5.74) is -7.67. The molecule has 8 fully saturated rings. The van der Waals surface area contributed by atoms with Gasteiger partial charge in [-0.15, -0.1) is 0 Å². The van der Waals surface area contributed by atoms with Crippen LogP contribution in [0.25, 0.3) is 0 Å². The van der Waals surface area contributed by atoms with Crippen LogP contribution in [0.3, 0.4) is 0 Å². The van der Waals surface area contributed by atoms with Crippen LogP contribution in [-0.2, 0) is 38.1 Å². The molecule has 0 spiro atoms. The van der Waals surface area contributed by atoms with E-state index in [4.69, 9.17) is 18.9 Å². The predicted molar refractivity (Wildman–Crippen MR) is 165 cm³/mol. The molecule has 0 radical (unpaired) electrons. The van der Waals surface area contributed by atoms with Gasteiger partial charge in [-0.3, -0.25) is 19.2 Å². The van der Waals surface area contributed by atoms with E-state index < -0.39 is 40.1 Å². The molecule has 48 heavy (non-hydrogen) atoms. The molecule has 0 aromatic heterocycles. The lowest BCUT2D eigenvalue weighted by atomic mass is 9.42. The Kier molecular flexibility index (Phi) is 8.16. The molecule has 13 unspecified atom stereocenters. The second-order valence-corrected chi connectivity index (χ2v) is 16.9. The van der Waals surface area contributed by atoms with Gasteiger partial charge >= 0.3 is 23.9 Å². The highest BCUT2D eigenvalue weighted by Gasteiger charge is 2.79. The fraction of sp³-hybridized carbons (Fsp3) is 0.889. The molecule has 0 bridgehead atoms. The van der Waals surface area contributed by atoms with Crippen LogP contribution in [-0.4, -0.2) is 93.1 Å². The van der Waals surface area contributed by atoms with E-state index in [9.17, 15) is 39.6 Å². The number of epoxide rings is 4. The van der Waals surface area contributed by atoms with Crippen molar-refractivity contribution in [3.63, 3.8) is 0 Å². The molecule has 8 aliphatic rings. The number of rotatable bonds is 15. The molecular formula is C36H50O12. The highest BCUT2D eigenvalue weighted by molar-refractivity contribution is 6.20. The Morgan fingerprint density at radius 2 is 0.812 bits per heavy atom. The summed E-state index contributed by atoms with van der Waals surface area (Å²) >= 11 is 0. The SMILES string of the molecule is O=C(O)C(C(=O)O)(C(=O)O)C(CC1CCC2OC2C1)(C(=O)O)C(CCC1CCC2OC2C1)(CC1CCC2OC2C1)CC1CCC2OC2C1. The number of aliphatic carboxylic acids is 4. The van der Waals surface area contributed by atoms with Crippen molar-refractivity contribution in [1.82, 2.24) is 0 Å². The quantitative estimate of drug-likeness (QED) is 0.140. The minimum absolute atomic E-state index is 0.0416. The standard InChI is InChI=1S/C36H50O12/c37-30(38)35(17-21-4-8-25-29(14-21)48-25,36(31(39)40,32(41)42)33(43)44)34(15-19-2-6-23-27(12-19)46-23,16-20-3-7-24-28(13-20)47-24)10-9-18-1-5-22-26(11-18)45-22/h18-29H,1-17H2,(H,37,38)(H,39,40)(H,41,42)(H,43,44). The smallest absolute Gasteiger partial charge is 0.334 e. The summed E-state index contributed by atoms with van der Waals surface area (Å²) < 4.78 is 23.3. The van der Waals surface area contributed by atoms with Crippen molar-refractivity contribution >= 4 is 23.9 Å². The number of carboxylic acids is 4. The van der Waals surface area contributed by atoms with E-state index in [1.807, 2.05) is 0 Å². The molecule has 0 amide bonds. The summed E-state index contributed by atoms with van der Waals surface area (Å²) in [6.45, 7) is 0. The van der Waals surface area contributed by atoms with E-state index >= 15 is 0 Å². The first-order valence-electron chi connectivity index (χ1n) is 18.5. The maximum absolute atomic E-state index is 14.4. The number of hydrogen-bond acceptors (Lipinski definition) is 8. The van der Waals surface area contributed by atoms with E-state index in [2.05, 4.69) is 0 Å². The van der Waals surface area contributed by atoms with Crippen molar-refractivity contribution in [3.05, 3.63) is 0 Å². The topological polar surface area (TPSA) is 199 Å². The van der Waals surface area contributed by atoms with Crippen LogP contribution in [0.15, 0.2) is 0 Å². The Morgan fingerprint density at radius 1 is 0.458 bits per heavy atom. The largest absolute Gasteiger partial charge is 0.481 e. The van der Waals surface area contributed by atoms with Gasteiger partial charge < -0.3 is 39.4 Å². The Balaban J connectivity index is 1.28. The third kappa shape index (κ3) is 5.48. The van der Waals surface area contributed by atoms with Gasteiger partial charge in [0.15, 0.2) is 0 Å². The van der Waals surface area contributed by atoms with Crippen molar-refractivity contribution in [2.24, 2.45) is 39.9 Å². The minimum Gasteiger partial charge on any atom is -0.481 e. The number of carboxylic acid groups (broad SMARTS) is 4. The molecule has 4 N–H and O–H groups in total. The number of hydrogen-bond donors (Lipinski definition) is 4. The monoisotopic (exact) mass is 674 g/mol. The number of ether oxygens (including phenoxy) is 4. The van der Waals surface area contributed by atoms with Gasteiger partial charge in [-0.1, -0.05) is 0 Å². The first kappa shape index (κ1) is 32.9. The van der Waals surface area contributed by atoms with E-state index in [-0.39, 0.29) is 98.2 Å². The van der Waals surface area contributed by atoms with E-state index in [1.165, 1.54) is 0 Å². The van der Waals surface area contributed by atoms with Crippen LogP contribution >= 0.6 is 0 Å². The van der Waals surface area contributed by atoms with Crippen LogP contribution in [0, 0.1) is 39.9 Å².